The molecule has 1 N–H and O–H groups in total. The predicted octanol–water partition coefficient (Wildman–Crippen LogP) is 4.31. The normalized spacial score (nSPS) is 14.2. The lowest BCUT2D eigenvalue weighted by Gasteiger charge is -2.37. The Labute approximate surface area is 197 Å². The molecule has 1 aromatic heterocycles. The second-order valence-corrected chi connectivity index (χ2v) is 7.55. The van der Waals surface area contributed by atoms with E-state index in [1.807, 2.05) is 6.07 Å². The highest BCUT2D eigenvalue weighted by molar-refractivity contribution is 6.07. The Morgan fingerprint density at radius 2 is 1.89 bits per heavy atom. The molecule has 0 fully saturated rings. The third-order valence-corrected chi connectivity index (χ3v) is 5.48. The van der Waals surface area contributed by atoms with E-state index >= 15 is 0 Å². The molecule has 0 unspecified atom stereocenters. The van der Waals surface area contributed by atoms with E-state index < -0.39 is 23.8 Å². The number of rotatable bonds is 3. The Bertz CT molecular complexity index is 1370. The van der Waals surface area contributed by atoms with Crippen LogP contribution in [-0.4, -0.2) is 45.3 Å². The molecule has 0 saturated carbocycles. The SMILES string of the molecule is CNC(=O)N1CC(n2cnnc2-c2ccc(C#N)cc2)=C(C)N(c2cccc(C(F)(F)F)c2)C1=O. The molecule has 1 aliphatic heterocycles. The van der Waals surface area contributed by atoms with Crippen LogP contribution in [0.1, 0.15) is 18.1 Å². The van der Waals surface area contributed by atoms with Gasteiger partial charge in [0, 0.05) is 18.3 Å². The van der Waals surface area contributed by atoms with Crippen LogP contribution in [0.3, 0.4) is 0 Å². The molecular formula is C23H18F3N7O2. The maximum Gasteiger partial charge on any atom is 0.416 e. The van der Waals surface area contributed by atoms with Crippen molar-refractivity contribution in [2.75, 3.05) is 18.5 Å². The minimum absolute atomic E-state index is 0.0542. The number of nitrogens with zero attached hydrogens (tertiary/aromatic N) is 6. The van der Waals surface area contributed by atoms with E-state index in [0.29, 0.717) is 28.3 Å². The molecule has 9 nitrogen and oxygen atoms in total. The Hall–Kier alpha value is -4.66. The molecule has 0 saturated heterocycles. The van der Waals surface area contributed by atoms with Crippen molar-refractivity contribution in [1.29, 1.82) is 5.26 Å². The third kappa shape index (κ3) is 4.31. The number of hydrogen-bond donors (Lipinski definition) is 1. The van der Waals surface area contributed by atoms with Crippen molar-refractivity contribution in [3.8, 4) is 17.5 Å². The van der Waals surface area contributed by atoms with E-state index in [1.54, 1.807) is 35.8 Å². The fourth-order valence-electron chi connectivity index (χ4n) is 3.72. The summed E-state index contributed by atoms with van der Waals surface area (Å²) in [5, 5.41) is 19.5. The molecule has 12 heteroatoms. The van der Waals surface area contributed by atoms with Crippen molar-refractivity contribution in [1.82, 2.24) is 25.0 Å². The molecule has 4 rings (SSSR count). The quantitative estimate of drug-likeness (QED) is 0.600. The molecule has 2 aromatic carbocycles. The maximum atomic E-state index is 13.4. The van der Waals surface area contributed by atoms with Crippen molar-refractivity contribution < 1.29 is 22.8 Å². The van der Waals surface area contributed by atoms with E-state index in [9.17, 15) is 22.8 Å². The lowest BCUT2D eigenvalue weighted by atomic mass is 10.1. The van der Waals surface area contributed by atoms with Crippen molar-refractivity contribution in [3.63, 3.8) is 0 Å². The zero-order chi connectivity index (χ0) is 25.3. The predicted molar refractivity (Wildman–Crippen MR) is 120 cm³/mol. The van der Waals surface area contributed by atoms with Gasteiger partial charge in [-0.15, -0.1) is 10.2 Å². The number of carbonyl (C=O) groups excluding carboxylic acids is 2. The summed E-state index contributed by atoms with van der Waals surface area (Å²) in [6.45, 7) is 1.39. The second kappa shape index (κ2) is 8.94. The molecule has 1 aliphatic rings. The first-order valence-corrected chi connectivity index (χ1v) is 10.3. The van der Waals surface area contributed by atoms with Crippen LogP contribution in [0.4, 0.5) is 28.4 Å². The smallest absolute Gasteiger partial charge is 0.341 e. The van der Waals surface area contributed by atoms with E-state index in [-0.39, 0.29) is 12.2 Å². The molecular weight excluding hydrogens is 463 g/mol. The van der Waals surface area contributed by atoms with E-state index in [1.165, 1.54) is 25.5 Å². The zero-order valence-electron chi connectivity index (χ0n) is 18.5. The molecule has 0 radical (unpaired) electrons. The molecule has 35 heavy (non-hydrogen) atoms. The Morgan fingerprint density at radius 3 is 2.51 bits per heavy atom. The van der Waals surface area contributed by atoms with E-state index in [4.69, 9.17) is 5.26 Å². The standard InChI is InChI=1S/C23H18F3N7O2/c1-14-19(32-13-29-30-20(32)16-8-6-15(11-27)7-9-16)12-31(21(34)28-2)22(35)33(14)18-5-3-4-17(10-18)23(24,25)26/h3-10,13H,12H2,1-2H3,(H,28,34). The van der Waals surface area contributed by atoms with Crippen LogP contribution >= 0.6 is 0 Å². The molecule has 0 bridgehead atoms. The fourth-order valence-corrected chi connectivity index (χ4v) is 3.72. The van der Waals surface area contributed by atoms with Crippen molar-refractivity contribution >= 4 is 23.4 Å². The lowest BCUT2D eigenvalue weighted by Crippen LogP contribution is -2.53. The van der Waals surface area contributed by atoms with Crippen LogP contribution in [0.5, 0.6) is 0 Å². The fraction of sp³-hybridized carbons (Fsp3) is 0.174. The number of carbonyl (C=O) groups is 2. The summed E-state index contributed by atoms with van der Waals surface area (Å²) in [4.78, 5) is 27.7. The zero-order valence-corrected chi connectivity index (χ0v) is 18.5. The Kier molecular flexibility index (Phi) is 6.00. The van der Waals surface area contributed by atoms with Gasteiger partial charge in [-0.1, -0.05) is 6.07 Å². The number of urea groups is 2. The maximum absolute atomic E-state index is 13.4. The summed E-state index contributed by atoms with van der Waals surface area (Å²) in [5.74, 6) is 0.360. The molecule has 0 aliphatic carbocycles. The monoisotopic (exact) mass is 481 g/mol. The number of allylic oxidation sites excluding steroid dienone is 1. The molecule has 0 spiro atoms. The minimum atomic E-state index is -4.62. The molecule has 3 aromatic rings. The number of imide groups is 1. The van der Waals surface area contributed by atoms with Gasteiger partial charge in [-0.25, -0.2) is 14.5 Å². The van der Waals surface area contributed by atoms with Crippen molar-refractivity contribution in [3.05, 3.63) is 71.7 Å². The first kappa shape index (κ1) is 23.5. The average molecular weight is 481 g/mol. The molecule has 178 valence electrons. The van der Waals surface area contributed by atoms with Gasteiger partial charge in [-0.05, 0) is 49.4 Å². The Balaban J connectivity index is 1.88. The average Bonchev–Trinajstić information content (AvgIpc) is 3.33. The number of amides is 4. The number of anilines is 1. The summed E-state index contributed by atoms with van der Waals surface area (Å²) in [6, 6.07) is 11.3. The van der Waals surface area contributed by atoms with Gasteiger partial charge in [-0.2, -0.15) is 18.4 Å². The summed E-state index contributed by atoms with van der Waals surface area (Å²) in [6.07, 6.45) is -3.23. The highest BCUT2D eigenvalue weighted by atomic mass is 19.4. The highest BCUT2D eigenvalue weighted by Gasteiger charge is 2.38. The van der Waals surface area contributed by atoms with Crippen molar-refractivity contribution in [2.24, 2.45) is 0 Å². The number of aromatic nitrogens is 3. The largest absolute Gasteiger partial charge is 0.416 e. The number of hydrogen-bond acceptors (Lipinski definition) is 5. The van der Waals surface area contributed by atoms with Crippen LogP contribution in [0.15, 0.2) is 60.6 Å². The first-order chi connectivity index (χ1) is 16.7. The van der Waals surface area contributed by atoms with Crippen LogP contribution in [0.2, 0.25) is 0 Å². The second-order valence-electron chi connectivity index (χ2n) is 7.55. The minimum Gasteiger partial charge on any atom is -0.341 e. The van der Waals surface area contributed by atoms with Gasteiger partial charge < -0.3 is 5.32 Å². The van der Waals surface area contributed by atoms with Crippen LogP contribution in [0.25, 0.3) is 17.1 Å². The molecule has 2 heterocycles. The van der Waals surface area contributed by atoms with E-state index in [2.05, 4.69) is 15.5 Å². The van der Waals surface area contributed by atoms with Gasteiger partial charge in [-0.3, -0.25) is 9.47 Å². The lowest BCUT2D eigenvalue weighted by molar-refractivity contribution is -0.137. The van der Waals surface area contributed by atoms with Gasteiger partial charge in [0.15, 0.2) is 5.82 Å². The Morgan fingerprint density at radius 1 is 1.17 bits per heavy atom. The van der Waals surface area contributed by atoms with Gasteiger partial charge in [0.05, 0.1) is 35.1 Å². The summed E-state index contributed by atoms with van der Waals surface area (Å²) >= 11 is 0. The summed E-state index contributed by atoms with van der Waals surface area (Å²) in [7, 11) is 1.34. The highest BCUT2D eigenvalue weighted by Crippen LogP contribution is 2.36. The molecule has 0 atom stereocenters. The topological polar surface area (TPSA) is 107 Å². The van der Waals surface area contributed by atoms with Gasteiger partial charge in [0.2, 0.25) is 0 Å². The van der Waals surface area contributed by atoms with Crippen LogP contribution in [-0.2, 0) is 6.18 Å². The van der Waals surface area contributed by atoms with E-state index in [0.717, 1.165) is 21.9 Å². The van der Waals surface area contributed by atoms with Crippen LogP contribution < -0.4 is 10.2 Å². The van der Waals surface area contributed by atoms with Gasteiger partial charge in [0.1, 0.15) is 6.33 Å². The van der Waals surface area contributed by atoms with Gasteiger partial charge in [0.25, 0.3) is 0 Å². The number of nitriles is 1. The number of halogens is 3. The third-order valence-electron chi connectivity index (χ3n) is 5.48. The van der Waals surface area contributed by atoms with Crippen LogP contribution in [0, 0.1) is 11.3 Å². The number of nitrogens with one attached hydrogen (secondary N) is 1. The van der Waals surface area contributed by atoms with Crippen molar-refractivity contribution in [2.45, 2.75) is 13.1 Å². The summed E-state index contributed by atoms with van der Waals surface area (Å²) < 4.78 is 41.6. The number of alkyl halides is 3. The first-order valence-electron chi connectivity index (χ1n) is 10.3. The summed E-state index contributed by atoms with van der Waals surface area (Å²) in [5.41, 5.74) is 0.758. The number of benzene rings is 2. The van der Waals surface area contributed by atoms with Gasteiger partial charge >= 0.3 is 18.2 Å². The molecule has 4 amide bonds.